The molecule has 0 bridgehead atoms. The summed E-state index contributed by atoms with van der Waals surface area (Å²) in [5, 5.41) is 0. The number of rotatable bonds is 0. The quantitative estimate of drug-likeness (QED) is 0.425. The predicted molar refractivity (Wildman–Crippen MR) is 82.9 cm³/mol. The molecule has 0 saturated carbocycles. The maximum Gasteiger partial charge on any atom is -0.0351 e. The van der Waals surface area contributed by atoms with Crippen LogP contribution in [0.2, 0.25) is 0 Å². The molecule has 0 aromatic heterocycles. The highest BCUT2D eigenvalue weighted by atomic mass is 14.0. The highest BCUT2D eigenvalue weighted by Crippen LogP contribution is 2.11. The highest BCUT2D eigenvalue weighted by molar-refractivity contribution is 4.82. The van der Waals surface area contributed by atoms with Gasteiger partial charge in [-0.25, -0.2) is 0 Å². The van der Waals surface area contributed by atoms with Crippen LogP contribution in [0.3, 0.4) is 0 Å². The molecule has 0 radical (unpaired) electrons. The van der Waals surface area contributed by atoms with Gasteiger partial charge in [0.05, 0.1) is 0 Å². The van der Waals surface area contributed by atoms with E-state index in [0.29, 0.717) is 0 Å². The highest BCUT2D eigenvalue weighted by Gasteiger charge is 1.91. The molecule has 1 rings (SSSR count). The van der Waals surface area contributed by atoms with E-state index in [1.807, 2.05) is 0 Å². The normalized spacial score (nSPS) is 22.2. The van der Waals surface area contributed by atoms with Gasteiger partial charge in [0.1, 0.15) is 0 Å². The Morgan fingerprint density at radius 2 is 0.500 bits per heavy atom. The third-order valence-electron chi connectivity index (χ3n) is 3.82. The zero-order valence-electron chi connectivity index (χ0n) is 12.2. The Bertz CT molecular complexity index is 188. The summed E-state index contributed by atoms with van der Waals surface area (Å²) in [7, 11) is 0. The maximum atomic E-state index is 2.41. The zero-order valence-corrected chi connectivity index (χ0v) is 12.2. The Morgan fingerprint density at radius 1 is 0.278 bits per heavy atom. The average Bonchev–Trinajstić information content (AvgIpc) is 2.39. The van der Waals surface area contributed by atoms with Crippen molar-refractivity contribution in [2.24, 2.45) is 0 Å². The molecule has 1 aliphatic rings. The van der Waals surface area contributed by atoms with Gasteiger partial charge in [-0.15, -0.1) is 0 Å². The fourth-order valence-corrected chi connectivity index (χ4v) is 2.58. The van der Waals surface area contributed by atoms with Gasteiger partial charge in [-0.05, 0) is 51.4 Å². The van der Waals surface area contributed by atoms with Crippen molar-refractivity contribution in [2.45, 2.75) is 89.9 Å². The SMILES string of the molecule is C1=CCCCCCCCCC=CCCCCCC1. The van der Waals surface area contributed by atoms with E-state index in [4.69, 9.17) is 0 Å². The lowest BCUT2D eigenvalue weighted by Crippen LogP contribution is -1.81. The molecule has 0 amide bonds. The fourth-order valence-electron chi connectivity index (χ4n) is 2.58. The summed E-state index contributed by atoms with van der Waals surface area (Å²) in [4.78, 5) is 0. The fraction of sp³-hybridized carbons (Fsp3) is 0.778. The Kier molecular flexibility index (Phi) is 11.2. The largest absolute Gasteiger partial charge is 0.0885 e. The van der Waals surface area contributed by atoms with Crippen LogP contribution in [0.4, 0.5) is 0 Å². The molecular weight excluding hydrogens is 216 g/mol. The van der Waals surface area contributed by atoms with Crippen molar-refractivity contribution in [3.05, 3.63) is 24.3 Å². The van der Waals surface area contributed by atoms with Crippen molar-refractivity contribution >= 4 is 0 Å². The predicted octanol–water partition coefficient (Wildman–Crippen LogP) is 6.57. The minimum absolute atomic E-state index is 1.30. The standard InChI is InChI=1S/C18H32/c1-2-4-6-8-10-12-14-16-18-17-15-13-11-9-7-5-3-1/h1-2,15,17H,3-14,16,18H2. The van der Waals surface area contributed by atoms with E-state index in [2.05, 4.69) is 24.3 Å². The van der Waals surface area contributed by atoms with Gasteiger partial charge in [0.15, 0.2) is 0 Å². The summed E-state index contributed by atoms with van der Waals surface area (Å²) in [6.07, 6.45) is 29.0. The van der Waals surface area contributed by atoms with Crippen LogP contribution in [0.5, 0.6) is 0 Å². The molecular formula is C18H32. The van der Waals surface area contributed by atoms with E-state index < -0.39 is 0 Å². The van der Waals surface area contributed by atoms with E-state index in [-0.39, 0.29) is 0 Å². The second-order valence-electron chi connectivity index (χ2n) is 5.63. The molecule has 0 atom stereocenters. The van der Waals surface area contributed by atoms with E-state index in [1.54, 1.807) is 0 Å². The number of allylic oxidation sites excluding steroid dienone is 4. The van der Waals surface area contributed by atoms with E-state index in [0.717, 1.165) is 0 Å². The molecule has 0 N–H and O–H groups in total. The summed E-state index contributed by atoms with van der Waals surface area (Å²) in [5.41, 5.74) is 0. The zero-order chi connectivity index (χ0) is 12.7. The molecule has 0 aliphatic heterocycles. The molecule has 0 aromatic carbocycles. The summed E-state index contributed by atoms with van der Waals surface area (Å²) in [6, 6.07) is 0. The first-order valence-corrected chi connectivity index (χ1v) is 8.30. The Morgan fingerprint density at radius 3 is 0.778 bits per heavy atom. The molecule has 0 unspecified atom stereocenters. The molecule has 0 heteroatoms. The van der Waals surface area contributed by atoms with Gasteiger partial charge < -0.3 is 0 Å². The molecule has 0 spiro atoms. The topological polar surface area (TPSA) is 0 Å². The van der Waals surface area contributed by atoms with Crippen LogP contribution in [0.1, 0.15) is 89.9 Å². The second kappa shape index (κ2) is 12.9. The van der Waals surface area contributed by atoms with Gasteiger partial charge in [0.2, 0.25) is 0 Å². The maximum absolute atomic E-state index is 2.41. The Labute approximate surface area is 115 Å². The number of hydrogen-bond donors (Lipinski definition) is 0. The summed E-state index contributed by atoms with van der Waals surface area (Å²) in [5.74, 6) is 0. The smallest absolute Gasteiger partial charge is 0.0351 e. The molecule has 0 nitrogen and oxygen atoms in total. The van der Waals surface area contributed by atoms with Crippen molar-refractivity contribution in [2.75, 3.05) is 0 Å². The first kappa shape index (κ1) is 15.5. The van der Waals surface area contributed by atoms with Gasteiger partial charge >= 0.3 is 0 Å². The van der Waals surface area contributed by atoms with Gasteiger partial charge in [0, 0.05) is 0 Å². The molecule has 1 aliphatic carbocycles. The van der Waals surface area contributed by atoms with Crippen LogP contribution >= 0.6 is 0 Å². The van der Waals surface area contributed by atoms with Crippen molar-refractivity contribution in [3.8, 4) is 0 Å². The Hall–Kier alpha value is -0.520. The van der Waals surface area contributed by atoms with Gasteiger partial charge in [-0.2, -0.15) is 0 Å². The van der Waals surface area contributed by atoms with Crippen LogP contribution in [-0.2, 0) is 0 Å². The first-order chi connectivity index (χ1) is 9.00. The molecule has 0 heterocycles. The number of hydrogen-bond acceptors (Lipinski definition) is 0. The molecule has 0 saturated heterocycles. The second-order valence-corrected chi connectivity index (χ2v) is 5.63. The lowest BCUT2D eigenvalue weighted by atomic mass is 10.1. The molecule has 0 aromatic rings. The van der Waals surface area contributed by atoms with Crippen molar-refractivity contribution < 1.29 is 0 Å². The lowest BCUT2D eigenvalue weighted by molar-refractivity contribution is 0.598. The van der Waals surface area contributed by atoms with Gasteiger partial charge in [-0.1, -0.05) is 62.8 Å². The first-order valence-electron chi connectivity index (χ1n) is 8.30. The average molecular weight is 248 g/mol. The monoisotopic (exact) mass is 248 g/mol. The minimum atomic E-state index is 1.30. The van der Waals surface area contributed by atoms with Crippen LogP contribution in [0.25, 0.3) is 0 Å². The third-order valence-corrected chi connectivity index (χ3v) is 3.82. The van der Waals surface area contributed by atoms with Crippen molar-refractivity contribution in [3.63, 3.8) is 0 Å². The van der Waals surface area contributed by atoms with Crippen LogP contribution < -0.4 is 0 Å². The van der Waals surface area contributed by atoms with Crippen LogP contribution in [0.15, 0.2) is 24.3 Å². The summed E-state index contributed by atoms with van der Waals surface area (Å²) >= 11 is 0. The van der Waals surface area contributed by atoms with E-state index in [9.17, 15) is 0 Å². The van der Waals surface area contributed by atoms with Crippen molar-refractivity contribution in [1.29, 1.82) is 0 Å². The Balaban J connectivity index is 2.12. The summed E-state index contributed by atoms with van der Waals surface area (Å²) in [6.45, 7) is 0. The third kappa shape index (κ3) is 10.6. The molecule has 0 fully saturated rings. The molecule has 18 heavy (non-hydrogen) atoms. The van der Waals surface area contributed by atoms with Gasteiger partial charge in [-0.3, -0.25) is 0 Å². The van der Waals surface area contributed by atoms with E-state index in [1.165, 1.54) is 89.9 Å². The van der Waals surface area contributed by atoms with E-state index >= 15 is 0 Å². The van der Waals surface area contributed by atoms with Gasteiger partial charge in [0.25, 0.3) is 0 Å². The van der Waals surface area contributed by atoms with Crippen LogP contribution in [0, 0.1) is 0 Å². The van der Waals surface area contributed by atoms with Crippen LogP contribution in [-0.4, -0.2) is 0 Å². The van der Waals surface area contributed by atoms with Crippen molar-refractivity contribution in [1.82, 2.24) is 0 Å². The summed E-state index contributed by atoms with van der Waals surface area (Å²) < 4.78 is 0. The minimum Gasteiger partial charge on any atom is -0.0885 e. The molecule has 104 valence electrons. The lowest BCUT2D eigenvalue weighted by Gasteiger charge is -2.00.